The van der Waals surface area contributed by atoms with Crippen LogP contribution in [0, 0.1) is 6.92 Å². The van der Waals surface area contributed by atoms with Gasteiger partial charge < -0.3 is 5.32 Å². The fourth-order valence-corrected chi connectivity index (χ4v) is 2.26. The highest BCUT2D eigenvalue weighted by Crippen LogP contribution is 2.13. The van der Waals surface area contributed by atoms with E-state index in [1.165, 1.54) is 0 Å². The molecule has 102 valence electrons. The van der Waals surface area contributed by atoms with Crippen LogP contribution in [-0.2, 0) is 6.54 Å². The maximum Gasteiger partial charge on any atom is 0.270 e. The van der Waals surface area contributed by atoms with Gasteiger partial charge in [0.25, 0.3) is 5.91 Å². The molecule has 0 aromatic carbocycles. The molecular formula is C11H13Br2N5O. The van der Waals surface area contributed by atoms with E-state index in [0.29, 0.717) is 16.7 Å². The first-order chi connectivity index (χ1) is 9.08. The molecule has 2 heterocycles. The molecule has 0 saturated heterocycles. The molecule has 8 heteroatoms. The molecule has 0 aliphatic heterocycles. The zero-order valence-electron chi connectivity index (χ0n) is 10.3. The number of H-pyrrole nitrogens is 1. The Kier molecular flexibility index (Phi) is 4.76. The average Bonchev–Trinajstić information content (AvgIpc) is 2.92. The van der Waals surface area contributed by atoms with Crippen LogP contribution >= 0.6 is 31.9 Å². The molecule has 0 aliphatic carbocycles. The molecule has 0 saturated carbocycles. The Labute approximate surface area is 127 Å². The van der Waals surface area contributed by atoms with Gasteiger partial charge in [-0.15, -0.1) is 0 Å². The zero-order valence-corrected chi connectivity index (χ0v) is 13.5. The second-order valence-corrected chi connectivity index (χ2v) is 5.74. The van der Waals surface area contributed by atoms with E-state index < -0.39 is 0 Å². The Morgan fingerprint density at radius 3 is 2.84 bits per heavy atom. The molecule has 2 N–H and O–H groups in total. The van der Waals surface area contributed by atoms with E-state index in [1.54, 1.807) is 6.20 Å². The number of hydrogen-bond donors (Lipinski definition) is 2. The maximum atomic E-state index is 11.8. The van der Waals surface area contributed by atoms with Gasteiger partial charge >= 0.3 is 0 Å². The Balaban J connectivity index is 1.75. The van der Waals surface area contributed by atoms with Crippen LogP contribution in [0.4, 0.5) is 0 Å². The molecule has 2 aromatic rings. The number of amides is 1. The summed E-state index contributed by atoms with van der Waals surface area (Å²) in [6.45, 7) is 3.29. The number of halogens is 2. The first kappa shape index (κ1) is 14.3. The van der Waals surface area contributed by atoms with E-state index >= 15 is 0 Å². The van der Waals surface area contributed by atoms with Gasteiger partial charge in [-0.3, -0.25) is 14.6 Å². The maximum absolute atomic E-state index is 11.8. The van der Waals surface area contributed by atoms with Crippen LogP contribution in [0.1, 0.15) is 22.6 Å². The topological polar surface area (TPSA) is 75.6 Å². The SMILES string of the molecule is Cc1nn(CCCNC(=O)c2[nH]ncc2Br)cc1Br. The molecule has 0 fully saturated rings. The predicted octanol–water partition coefficient (Wildman–Crippen LogP) is 2.26. The fraction of sp³-hybridized carbons (Fsp3) is 0.364. The monoisotopic (exact) mass is 389 g/mol. The van der Waals surface area contributed by atoms with Crippen molar-refractivity contribution in [2.45, 2.75) is 19.9 Å². The lowest BCUT2D eigenvalue weighted by Crippen LogP contribution is -2.26. The van der Waals surface area contributed by atoms with E-state index in [1.807, 2.05) is 17.8 Å². The predicted molar refractivity (Wildman–Crippen MR) is 77.9 cm³/mol. The molecule has 0 bridgehead atoms. The quantitative estimate of drug-likeness (QED) is 0.769. The van der Waals surface area contributed by atoms with Crippen LogP contribution < -0.4 is 5.32 Å². The molecular weight excluding hydrogens is 378 g/mol. The third-order valence-corrected chi connectivity index (χ3v) is 3.94. The Hall–Kier alpha value is -1.15. The summed E-state index contributed by atoms with van der Waals surface area (Å²) >= 11 is 6.66. The Bertz CT molecular complexity index is 558. The molecule has 0 unspecified atom stereocenters. The van der Waals surface area contributed by atoms with Crippen molar-refractivity contribution in [1.82, 2.24) is 25.3 Å². The van der Waals surface area contributed by atoms with Crippen LogP contribution in [0.2, 0.25) is 0 Å². The van der Waals surface area contributed by atoms with Gasteiger partial charge in [0.15, 0.2) is 0 Å². The third kappa shape index (κ3) is 3.66. The summed E-state index contributed by atoms with van der Waals surface area (Å²) in [6.07, 6.45) is 4.30. The molecule has 0 aliphatic rings. The minimum absolute atomic E-state index is 0.165. The van der Waals surface area contributed by atoms with Crippen LogP contribution in [0.15, 0.2) is 21.3 Å². The number of nitrogens with zero attached hydrogens (tertiary/aromatic N) is 3. The molecule has 0 radical (unpaired) electrons. The highest BCUT2D eigenvalue weighted by atomic mass is 79.9. The number of aromatic nitrogens is 4. The van der Waals surface area contributed by atoms with Crippen molar-refractivity contribution in [1.29, 1.82) is 0 Å². The van der Waals surface area contributed by atoms with Crippen molar-refractivity contribution in [3.05, 3.63) is 32.7 Å². The van der Waals surface area contributed by atoms with Crippen molar-refractivity contribution >= 4 is 37.8 Å². The normalized spacial score (nSPS) is 10.7. The second kappa shape index (κ2) is 6.33. The fourth-order valence-electron chi connectivity index (χ4n) is 1.57. The van der Waals surface area contributed by atoms with Gasteiger partial charge in [0.1, 0.15) is 5.69 Å². The number of carbonyl (C=O) groups excluding carboxylic acids is 1. The standard InChI is InChI=1S/C11H13Br2N5O/c1-7-9(13)6-18(17-7)4-2-3-14-11(19)10-8(12)5-15-16-10/h5-6H,2-4H2,1H3,(H,14,19)(H,15,16). The van der Waals surface area contributed by atoms with Gasteiger partial charge in [0.2, 0.25) is 0 Å². The van der Waals surface area contributed by atoms with E-state index in [4.69, 9.17) is 0 Å². The molecule has 0 spiro atoms. The smallest absolute Gasteiger partial charge is 0.270 e. The van der Waals surface area contributed by atoms with Gasteiger partial charge in [-0.2, -0.15) is 10.2 Å². The van der Waals surface area contributed by atoms with E-state index in [0.717, 1.165) is 23.1 Å². The summed E-state index contributed by atoms with van der Waals surface area (Å²) in [6, 6.07) is 0. The summed E-state index contributed by atoms with van der Waals surface area (Å²) in [5, 5.41) is 13.6. The first-order valence-corrected chi connectivity index (χ1v) is 7.33. The number of aromatic amines is 1. The molecule has 1 amide bonds. The summed E-state index contributed by atoms with van der Waals surface area (Å²) in [5.41, 5.74) is 1.41. The zero-order chi connectivity index (χ0) is 13.8. The molecule has 19 heavy (non-hydrogen) atoms. The lowest BCUT2D eigenvalue weighted by Gasteiger charge is -2.04. The van der Waals surface area contributed by atoms with Crippen molar-refractivity contribution in [3.63, 3.8) is 0 Å². The number of aryl methyl sites for hydroxylation is 2. The Morgan fingerprint density at radius 2 is 2.26 bits per heavy atom. The molecule has 2 aromatic heterocycles. The van der Waals surface area contributed by atoms with Gasteiger partial charge in [0, 0.05) is 19.3 Å². The van der Waals surface area contributed by atoms with Gasteiger partial charge in [-0.25, -0.2) is 0 Å². The minimum Gasteiger partial charge on any atom is -0.351 e. The second-order valence-electron chi connectivity index (χ2n) is 4.03. The van der Waals surface area contributed by atoms with Crippen LogP contribution in [-0.4, -0.2) is 32.4 Å². The van der Waals surface area contributed by atoms with Crippen LogP contribution in [0.25, 0.3) is 0 Å². The third-order valence-electron chi connectivity index (χ3n) is 2.56. The van der Waals surface area contributed by atoms with Crippen LogP contribution in [0.3, 0.4) is 0 Å². The number of hydrogen-bond acceptors (Lipinski definition) is 3. The van der Waals surface area contributed by atoms with Gasteiger partial charge in [-0.1, -0.05) is 0 Å². The van der Waals surface area contributed by atoms with Gasteiger partial charge in [0.05, 0.1) is 20.8 Å². The van der Waals surface area contributed by atoms with Crippen molar-refractivity contribution in [2.75, 3.05) is 6.54 Å². The van der Waals surface area contributed by atoms with Crippen LogP contribution in [0.5, 0.6) is 0 Å². The number of rotatable bonds is 5. The van der Waals surface area contributed by atoms with Gasteiger partial charge in [-0.05, 0) is 45.2 Å². The van der Waals surface area contributed by atoms with Crippen molar-refractivity contribution < 1.29 is 4.79 Å². The van der Waals surface area contributed by atoms with E-state index in [9.17, 15) is 4.79 Å². The lowest BCUT2D eigenvalue weighted by molar-refractivity contribution is 0.0947. The molecule has 0 atom stereocenters. The Morgan fingerprint density at radius 1 is 1.47 bits per heavy atom. The number of nitrogens with one attached hydrogen (secondary N) is 2. The summed E-state index contributed by atoms with van der Waals surface area (Å²) < 4.78 is 3.52. The van der Waals surface area contributed by atoms with E-state index in [2.05, 4.69) is 52.5 Å². The lowest BCUT2D eigenvalue weighted by atomic mass is 10.3. The summed E-state index contributed by atoms with van der Waals surface area (Å²) in [4.78, 5) is 11.8. The molecule has 6 nitrogen and oxygen atoms in total. The first-order valence-electron chi connectivity index (χ1n) is 5.74. The largest absolute Gasteiger partial charge is 0.351 e. The number of carbonyl (C=O) groups is 1. The van der Waals surface area contributed by atoms with E-state index in [-0.39, 0.29) is 5.91 Å². The van der Waals surface area contributed by atoms with Crippen molar-refractivity contribution in [2.24, 2.45) is 0 Å². The average molecular weight is 391 g/mol. The van der Waals surface area contributed by atoms with Crippen molar-refractivity contribution in [3.8, 4) is 0 Å². The highest BCUT2D eigenvalue weighted by molar-refractivity contribution is 9.10. The summed E-state index contributed by atoms with van der Waals surface area (Å²) in [5.74, 6) is -0.165. The minimum atomic E-state index is -0.165. The molecule has 2 rings (SSSR count). The summed E-state index contributed by atoms with van der Waals surface area (Å²) in [7, 11) is 0. The highest BCUT2D eigenvalue weighted by Gasteiger charge is 2.10.